The summed E-state index contributed by atoms with van der Waals surface area (Å²) in [5.41, 5.74) is 6.68. The first-order valence-electron chi connectivity index (χ1n) is 16.6. The van der Waals surface area contributed by atoms with E-state index in [1.807, 2.05) is 65.8 Å². The van der Waals surface area contributed by atoms with Crippen molar-refractivity contribution in [2.24, 2.45) is 11.8 Å². The second kappa shape index (κ2) is 12.5. The van der Waals surface area contributed by atoms with Gasteiger partial charge in [0.15, 0.2) is 0 Å². The van der Waals surface area contributed by atoms with E-state index in [4.69, 9.17) is 23.0 Å². The molecule has 6 heterocycles. The molecule has 0 saturated carbocycles. The lowest BCUT2D eigenvalue weighted by atomic mass is 9.83. The molecule has 0 unspecified atom stereocenters. The third-order valence-corrected chi connectivity index (χ3v) is 10.3. The molecule has 7 nitrogen and oxygen atoms in total. The van der Waals surface area contributed by atoms with Crippen LogP contribution in [0, 0.1) is 25.7 Å². The van der Waals surface area contributed by atoms with Crippen LogP contribution in [0.25, 0.3) is 0 Å². The van der Waals surface area contributed by atoms with E-state index < -0.39 is 24.4 Å². The minimum Gasteiger partial charge on any atom is -0.462 e. The van der Waals surface area contributed by atoms with Gasteiger partial charge in [0.25, 0.3) is 0 Å². The van der Waals surface area contributed by atoms with Crippen molar-refractivity contribution < 1.29 is 32.6 Å². The Labute approximate surface area is 277 Å². The first-order chi connectivity index (χ1) is 22.2. The molecule has 4 aliphatic rings. The van der Waals surface area contributed by atoms with E-state index in [1.54, 1.807) is 0 Å². The van der Waals surface area contributed by atoms with Crippen molar-refractivity contribution in [2.75, 3.05) is 0 Å². The molecule has 0 amide bonds. The summed E-state index contributed by atoms with van der Waals surface area (Å²) in [5.74, 6) is 1.11. The van der Waals surface area contributed by atoms with Crippen LogP contribution in [0.4, 0.5) is 0 Å². The number of ether oxygens (including phenoxy) is 3. The third kappa shape index (κ3) is 5.95. The first kappa shape index (κ1) is 32.8. The Hall–Kier alpha value is -4.10. The van der Waals surface area contributed by atoms with Gasteiger partial charge >= 0.3 is 11.9 Å². The summed E-state index contributed by atoms with van der Waals surface area (Å²) in [5, 5.41) is 0. The summed E-state index contributed by atoms with van der Waals surface area (Å²) in [4.78, 5) is 26.0. The topological polar surface area (TPSA) is 88.1 Å². The summed E-state index contributed by atoms with van der Waals surface area (Å²) in [7, 11) is 0. The zero-order chi connectivity index (χ0) is 33.9. The zero-order valence-corrected chi connectivity index (χ0v) is 28.4. The lowest BCUT2D eigenvalue weighted by molar-refractivity contribution is -0.141. The van der Waals surface area contributed by atoms with Crippen LogP contribution < -0.4 is 0 Å². The minimum atomic E-state index is -0.553. The molecule has 0 saturated heterocycles. The molecule has 248 valence electrons. The van der Waals surface area contributed by atoms with Gasteiger partial charge in [-0.3, -0.25) is 0 Å². The van der Waals surface area contributed by atoms with E-state index >= 15 is 0 Å². The van der Waals surface area contributed by atoms with Crippen LogP contribution in [0.2, 0.25) is 0 Å². The van der Waals surface area contributed by atoms with Crippen molar-refractivity contribution in [3.63, 3.8) is 0 Å². The molecule has 2 aromatic rings. The number of carbonyl (C=O) groups is 2. The Kier molecular flexibility index (Phi) is 8.73. The van der Waals surface area contributed by atoms with E-state index in [2.05, 4.69) is 26.3 Å². The maximum atomic E-state index is 13.0. The third-order valence-electron chi connectivity index (χ3n) is 10.3. The summed E-state index contributed by atoms with van der Waals surface area (Å²) < 4.78 is 32.5. The fourth-order valence-corrected chi connectivity index (χ4v) is 7.75. The average Bonchev–Trinajstić information content (AvgIpc) is 3.72. The van der Waals surface area contributed by atoms with Crippen LogP contribution >= 0.6 is 0 Å². The lowest BCUT2D eigenvalue weighted by Gasteiger charge is -2.34. The Balaban J connectivity index is 1.51. The molecular weight excluding hydrogens is 592 g/mol. The Bertz CT molecular complexity index is 1610. The van der Waals surface area contributed by atoms with Gasteiger partial charge in [0, 0.05) is 23.0 Å². The highest BCUT2D eigenvalue weighted by Crippen LogP contribution is 2.49. The molecule has 4 aliphatic heterocycles. The number of carbonyl (C=O) groups excluding carboxylic acids is 2. The maximum absolute atomic E-state index is 13.0. The van der Waals surface area contributed by atoms with Crippen molar-refractivity contribution in [3.8, 4) is 0 Å². The molecule has 0 aromatic carbocycles. The molecule has 0 fully saturated rings. The number of fused-ring (bicyclic) bond motifs is 6. The second-order valence-corrected chi connectivity index (χ2v) is 14.1. The van der Waals surface area contributed by atoms with Gasteiger partial charge in [-0.15, -0.1) is 0 Å². The van der Waals surface area contributed by atoms with E-state index in [0.717, 1.165) is 33.4 Å². The largest absolute Gasteiger partial charge is 0.462 e. The molecule has 8 atom stereocenters. The number of esters is 2. The van der Waals surface area contributed by atoms with Gasteiger partial charge in [0.1, 0.15) is 47.5 Å². The smallest absolute Gasteiger partial charge is 0.334 e. The fraction of sp³-hybridized carbons (Fsp3) is 0.450. The summed E-state index contributed by atoms with van der Waals surface area (Å²) in [6, 6.07) is 4.02. The van der Waals surface area contributed by atoms with Crippen molar-refractivity contribution in [1.82, 2.24) is 0 Å². The van der Waals surface area contributed by atoms with Gasteiger partial charge in [-0.2, -0.15) is 0 Å². The summed E-state index contributed by atoms with van der Waals surface area (Å²) >= 11 is 0. The highest BCUT2D eigenvalue weighted by molar-refractivity contribution is 5.91. The van der Waals surface area contributed by atoms with E-state index in [-0.39, 0.29) is 35.6 Å². The predicted molar refractivity (Wildman–Crippen MR) is 180 cm³/mol. The van der Waals surface area contributed by atoms with Gasteiger partial charge in [-0.25, -0.2) is 9.59 Å². The highest BCUT2D eigenvalue weighted by Gasteiger charge is 2.43. The van der Waals surface area contributed by atoms with Crippen molar-refractivity contribution in [3.05, 3.63) is 118 Å². The molecule has 0 N–H and O–H groups in total. The van der Waals surface area contributed by atoms with Gasteiger partial charge in [0.2, 0.25) is 0 Å². The molecule has 7 heteroatoms. The summed E-state index contributed by atoms with van der Waals surface area (Å²) in [6.07, 6.45) is 4.02. The molecule has 2 aromatic heterocycles. The van der Waals surface area contributed by atoms with Crippen LogP contribution in [0.5, 0.6) is 0 Å². The Morgan fingerprint density at radius 1 is 0.660 bits per heavy atom. The lowest BCUT2D eigenvalue weighted by Crippen LogP contribution is -2.26. The number of rotatable bonds is 6. The number of aryl methyl sites for hydroxylation is 2. The van der Waals surface area contributed by atoms with Crippen LogP contribution in [-0.2, 0) is 23.8 Å². The van der Waals surface area contributed by atoms with Crippen LogP contribution in [-0.4, -0.2) is 24.1 Å². The normalized spacial score (nSPS) is 30.3. The van der Waals surface area contributed by atoms with Crippen LogP contribution in [0.3, 0.4) is 0 Å². The van der Waals surface area contributed by atoms with Gasteiger partial charge in [-0.1, -0.05) is 48.6 Å². The minimum absolute atomic E-state index is 0.197. The van der Waals surface area contributed by atoms with Gasteiger partial charge < -0.3 is 23.0 Å². The molecule has 0 spiro atoms. The van der Waals surface area contributed by atoms with E-state index in [9.17, 15) is 9.59 Å². The molecule has 6 rings (SSSR count). The Morgan fingerprint density at radius 3 is 1.38 bits per heavy atom. The van der Waals surface area contributed by atoms with Crippen molar-refractivity contribution in [1.29, 1.82) is 0 Å². The fourth-order valence-electron chi connectivity index (χ4n) is 7.75. The summed E-state index contributed by atoms with van der Waals surface area (Å²) in [6.45, 7) is 29.1. The van der Waals surface area contributed by atoms with Crippen LogP contribution in [0.15, 0.2) is 92.9 Å². The van der Waals surface area contributed by atoms with Crippen LogP contribution in [0.1, 0.15) is 112 Å². The van der Waals surface area contributed by atoms with Gasteiger partial charge in [-0.05, 0) is 103 Å². The maximum Gasteiger partial charge on any atom is 0.334 e. The predicted octanol–water partition coefficient (Wildman–Crippen LogP) is 9.28. The highest BCUT2D eigenvalue weighted by atomic mass is 16.6. The number of hydrogen-bond acceptors (Lipinski definition) is 7. The number of furan rings is 2. The van der Waals surface area contributed by atoms with Crippen molar-refractivity contribution in [2.45, 2.75) is 103 Å². The van der Waals surface area contributed by atoms with Crippen molar-refractivity contribution >= 4 is 11.9 Å². The van der Waals surface area contributed by atoms with Gasteiger partial charge in [0.05, 0.1) is 11.8 Å². The molecular formula is C40H46O7. The number of hydrogen-bond donors (Lipinski definition) is 0. The zero-order valence-electron chi connectivity index (χ0n) is 28.4. The SMILES string of the molecule is C=C(C)[C@@H]1CCC2=C[C@@H](OC2=O)[C@@H](C(=C)C)c2cc(C)c(o2)[C@H]1O[C@@H]1c2oc(cc2C)[C@H](C(=C)C)[C@H]2C=C(CC[C@H]1C(=C)C)C(=O)O2. The molecule has 0 aliphatic carbocycles. The standard InChI is InChI=1S/C40H46O7/c1-19(2)27-13-11-25-17-31(45-39(25)41)33(21(5)6)29-15-23(9)35(43-29)37(27)47-38-28(20(3)4)14-12-26-18-32(46-40(26)42)34(22(7)8)30-16-24(10)36(38)44-30/h15-18,27-28,31-34,37-38H,1,3,5,7,11-14H2,2,4,6,8-10H3/t27-,28-,31+,32+,33-,34-,37-,38-/m0/s1. The quantitative estimate of drug-likeness (QED) is 0.230. The molecule has 47 heavy (non-hydrogen) atoms. The van der Waals surface area contributed by atoms with E-state index in [0.29, 0.717) is 59.9 Å². The second-order valence-electron chi connectivity index (χ2n) is 14.1. The average molecular weight is 639 g/mol. The molecule has 8 bridgehead atoms. The Morgan fingerprint density at radius 2 is 1.04 bits per heavy atom. The molecule has 0 radical (unpaired) electrons. The monoisotopic (exact) mass is 638 g/mol. The van der Waals surface area contributed by atoms with E-state index in [1.165, 1.54) is 0 Å². The first-order valence-corrected chi connectivity index (χ1v) is 16.6.